The number of nitrogens with one attached hydrogen (secondary N) is 1. The van der Waals surface area contributed by atoms with Crippen LogP contribution in [0.1, 0.15) is 41.7 Å². The van der Waals surface area contributed by atoms with E-state index in [1.807, 2.05) is 57.2 Å². The molecule has 2 atom stereocenters. The molecular weight excluding hydrogens is 252 g/mol. The molecule has 1 amide bonds. The highest BCUT2D eigenvalue weighted by atomic mass is 16.3. The van der Waals surface area contributed by atoms with Crippen molar-refractivity contribution in [3.8, 4) is 0 Å². The molecule has 0 aliphatic rings. The van der Waals surface area contributed by atoms with Crippen molar-refractivity contribution in [2.24, 2.45) is 5.73 Å². The number of amides is 1. The third-order valence-corrected chi connectivity index (χ3v) is 3.27. The summed E-state index contributed by atoms with van der Waals surface area (Å²) < 4.78 is 5.49. The Morgan fingerprint density at radius 1 is 1.15 bits per heavy atom. The third-order valence-electron chi connectivity index (χ3n) is 3.27. The summed E-state index contributed by atoms with van der Waals surface area (Å²) in [4.78, 5) is 12.1. The molecule has 0 saturated heterocycles. The second-order valence-electron chi connectivity index (χ2n) is 5.07. The van der Waals surface area contributed by atoms with Crippen molar-refractivity contribution in [3.05, 3.63) is 59.0 Å². The van der Waals surface area contributed by atoms with E-state index in [4.69, 9.17) is 10.2 Å². The van der Waals surface area contributed by atoms with Crippen LogP contribution < -0.4 is 11.1 Å². The van der Waals surface area contributed by atoms with Crippen LogP contribution in [-0.2, 0) is 4.79 Å². The fourth-order valence-electron chi connectivity index (χ4n) is 1.99. The van der Waals surface area contributed by atoms with E-state index in [2.05, 4.69) is 5.32 Å². The van der Waals surface area contributed by atoms with Gasteiger partial charge in [0.15, 0.2) is 0 Å². The average Bonchev–Trinajstić information content (AvgIpc) is 2.85. The minimum Gasteiger partial charge on any atom is -0.464 e. The van der Waals surface area contributed by atoms with Crippen molar-refractivity contribution in [1.29, 1.82) is 0 Å². The van der Waals surface area contributed by atoms with Gasteiger partial charge < -0.3 is 15.5 Å². The summed E-state index contributed by atoms with van der Waals surface area (Å²) in [6.45, 7) is 5.74. The number of carbonyl (C=O) groups is 1. The Kier molecular flexibility index (Phi) is 4.25. The fraction of sp³-hybridized carbons (Fsp3) is 0.312. The van der Waals surface area contributed by atoms with Gasteiger partial charge in [-0.1, -0.05) is 29.8 Å². The number of nitrogens with two attached hydrogens (primary N) is 1. The van der Waals surface area contributed by atoms with Gasteiger partial charge in [0.25, 0.3) is 0 Å². The van der Waals surface area contributed by atoms with Crippen LogP contribution in [-0.4, -0.2) is 5.91 Å². The van der Waals surface area contributed by atoms with E-state index < -0.39 is 6.04 Å². The molecule has 2 unspecified atom stereocenters. The lowest BCUT2D eigenvalue weighted by molar-refractivity contribution is -0.123. The second kappa shape index (κ2) is 5.92. The summed E-state index contributed by atoms with van der Waals surface area (Å²) >= 11 is 0. The van der Waals surface area contributed by atoms with E-state index in [0.717, 1.165) is 22.6 Å². The van der Waals surface area contributed by atoms with Gasteiger partial charge >= 0.3 is 0 Å². The molecule has 0 aliphatic heterocycles. The van der Waals surface area contributed by atoms with Gasteiger partial charge in [-0.15, -0.1) is 0 Å². The van der Waals surface area contributed by atoms with E-state index in [1.54, 1.807) is 0 Å². The molecule has 3 N–H and O–H groups in total. The van der Waals surface area contributed by atoms with Gasteiger partial charge in [-0.3, -0.25) is 4.79 Å². The van der Waals surface area contributed by atoms with Crippen LogP contribution in [0.4, 0.5) is 0 Å². The summed E-state index contributed by atoms with van der Waals surface area (Å²) in [5.41, 5.74) is 7.92. The number of furan rings is 1. The van der Waals surface area contributed by atoms with Crippen LogP contribution in [0, 0.1) is 13.8 Å². The van der Waals surface area contributed by atoms with Gasteiger partial charge in [-0.05, 0) is 38.5 Å². The van der Waals surface area contributed by atoms with Crippen molar-refractivity contribution in [1.82, 2.24) is 5.32 Å². The molecule has 0 saturated carbocycles. The average molecular weight is 272 g/mol. The molecule has 4 nitrogen and oxygen atoms in total. The first-order valence-corrected chi connectivity index (χ1v) is 6.66. The predicted molar refractivity (Wildman–Crippen MR) is 78.1 cm³/mol. The Morgan fingerprint density at radius 3 is 2.35 bits per heavy atom. The number of aryl methyl sites for hydroxylation is 2. The van der Waals surface area contributed by atoms with Gasteiger partial charge in [0.1, 0.15) is 17.6 Å². The first kappa shape index (κ1) is 14.3. The third kappa shape index (κ3) is 3.27. The molecule has 106 valence electrons. The quantitative estimate of drug-likeness (QED) is 0.899. The van der Waals surface area contributed by atoms with E-state index >= 15 is 0 Å². The Morgan fingerprint density at radius 2 is 1.80 bits per heavy atom. The number of hydrogen-bond acceptors (Lipinski definition) is 3. The zero-order valence-corrected chi connectivity index (χ0v) is 12.0. The molecule has 1 aromatic heterocycles. The molecule has 0 spiro atoms. The van der Waals surface area contributed by atoms with Crippen LogP contribution in [0.5, 0.6) is 0 Å². The second-order valence-corrected chi connectivity index (χ2v) is 5.07. The highest BCUT2D eigenvalue weighted by Gasteiger charge is 2.19. The minimum atomic E-state index is -0.672. The highest BCUT2D eigenvalue weighted by molar-refractivity contribution is 5.83. The minimum absolute atomic E-state index is 0.201. The molecule has 2 aromatic rings. The number of carbonyl (C=O) groups excluding carboxylic acids is 1. The smallest absolute Gasteiger partial charge is 0.242 e. The Bertz CT molecular complexity index is 587. The van der Waals surface area contributed by atoms with Crippen molar-refractivity contribution in [2.75, 3.05) is 0 Å². The number of hydrogen-bond donors (Lipinski definition) is 2. The molecule has 0 aliphatic carbocycles. The molecule has 4 heteroatoms. The molecule has 0 fully saturated rings. The normalized spacial score (nSPS) is 13.8. The van der Waals surface area contributed by atoms with Crippen LogP contribution in [0.3, 0.4) is 0 Å². The van der Waals surface area contributed by atoms with Gasteiger partial charge in [-0.25, -0.2) is 0 Å². The summed E-state index contributed by atoms with van der Waals surface area (Å²) in [5, 5.41) is 2.86. The van der Waals surface area contributed by atoms with E-state index in [-0.39, 0.29) is 11.9 Å². The van der Waals surface area contributed by atoms with Crippen LogP contribution in [0.25, 0.3) is 0 Å². The lowest BCUT2D eigenvalue weighted by atomic mass is 10.0. The summed E-state index contributed by atoms with van der Waals surface area (Å²) in [6.07, 6.45) is 0. The first-order chi connectivity index (χ1) is 9.47. The molecule has 1 aromatic carbocycles. The van der Waals surface area contributed by atoms with E-state index in [0.29, 0.717) is 0 Å². The SMILES string of the molecule is Cc1ccc(C(N)C(=O)NC(C)c2ccc(C)o2)cc1. The van der Waals surface area contributed by atoms with Crippen molar-refractivity contribution < 1.29 is 9.21 Å². The maximum absolute atomic E-state index is 12.1. The topological polar surface area (TPSA) is 68.3 Å². The number of benzene rings is 1. The van der Waals surface area contributed by atoms with Crippen molar-refractivity contribution in [3.63, 3.8) is 0 Å². The fourth-order valence-corrected chi connectivity index (χ4v) is 1.99. The van der Waals surface area contributed by atoms with Gasteiger partial charge in [-0.2, -0.15) is 0 Å². The first-order valence-electron chi connectivity index (χ1n) is 6.66. The molecule has 1 heterocycles. The van der Waals surface area contributed by atoms with Crippen molar-refractivity contribution in [2.45, 2.75) is 32.9 Å². The standard InChI is InChI=1S/C16H20N2O2/c1-10-4-7-13(8-5-10)15(17)16(19)18-12(3)14-9-6-11(2)20-14/h4-9,12,15H,17H2,1-3H3,(H,18,19). The lowest BCUT2D eigenvalue weighted by Gasteiger charge is -2.16. The van der Waals surface area contributed by atoms with E-state index in [9.17, 15) is 4.79 Å². The van der Waals surface area contributed by atoms with Gasteiger partial charge in [0.2, 0.25) is 5.91 Å². The van der Waals surface area contributed by atoms with Crippen molar-refractivity contribution >= 4 is 5.91 Å². The van der Waals surface area contributed by atoms with Gasteiger partial charge in [0.05, 0.1) is 6.04 Å². The molecule has 20 heavy (non-hydrogen) atoms. The summed E-state index contributed by atoms with van der Waals surface area (Å²) in [7, 11) is 0. The molecular formula is C16H20N2O2. The van der Waals surface area contributed by atoms with Crippen LogP contribution >= 0.6 is 0 Å². The van der Waals surface area contributed by atoms with Crippen LogP contribution in [0.15, 0.2) is 40.8 Å². The summed E-state index contributed by atoms with van der Waals surface area (Å²) in [6, 6.07) is 10.5. The largest absolute Gasteiger partial charge is 0.464 e. The Hall–Kier alpha value is -2.07. The number of rotatable bonds is 4. The molecule has 0 bridgehead atoms. The predicted octanol–water partition coefficient (Wildman–Crippen LogP) is 2.77. The van der Waals surface area contributed by atoms with E-state index in [1.165, 1.54) is 0 Å². The molecule has 2 rings (SSSR count). The maximum atomic E-state index is 12.1. The Labute approximate surface area is 119 Å². The lowest BCUT2D eigenvalue weighted by Crippen LogP contribution is -2.35. The molecule has 0 radical (unpaired) electrons. The Balaban J connectivity index is 2.02. The monoisotopic (exact) mass is 272 g/mol. The zero-order chi connectivity index (χ0) is 14.7. The van der Waals surface area contributed by atoms with Gasteiger partial charge in [0, 0.05) is 0 Å². The van der Waals surface area contributed by atoms with Crippen LogP contribution in [0.2, 0.25) is 0 Å². The summed E-state index contributed by atoms with van der Waals surface area (Å²) in [5.74, 6) is 1.34. The highest BCUT2D eigenvalue weighted by Crippen LogP contribution is 2.17. The zero-order valence-electron chi connectivity index (χ0n) is 12.0. The maximum Gasteiger partial charge on any atom is 0.242 e.